The molecule has 0 N–H and O–H groups in total. The fourth-order valence-electron chi connectivity index (χ4n) is 4.53. The summed E-state index contributed by atoms with van der Waals surface area (Å²) in [5, 5.41) is 0. The first-order valence-electron chi connectivity index (χ1n) is 9.54. The number of rotatable bonds is 2. The molecular weight excluding hydrogens is 352 g/mol. The van der Waals surface area contributed by atoms with Gasteiger partial charge in [-0.1, -0.05) is 6.07 Å². The number of aromatic nitrogens is 3. The molecule has 2 atom stereocenters. The van der Waals surface area contributed by atoms with Crippen molar-refractivity contribution in [1.29, 1.82) is 0 Å². The molecule has 6 heteroatoms. The number of carbonyl (C=O) groups excluding carboxylic acids is 1. The summed E-state index contributed by atoms with van der Waals surface area (Å²) < 4.78 is 1.91. The summed E-state index contributed by atoms with van der Waals surface area (Å²) in [6.07, 6.45) is 7.74. The van der Waals surface area contributed by atoms with Crippen molar-refractivity contribution in [3.8, 4) is 11.1 Å². The molecule has 1 saturated heterocycles. The van der Waals surface area contributed by atoms with Gasteiger partial charge in [0.2, 0.25) is 0 Å². The van der Waals surface area contributed by atoms with Crippen molar-refractivity contribution in [3.63, 3.8) is 0 Å². The van der Waals surface area contributed by atoms with Crippen LogP contribution >= 0.6 is 0 Å². The number of amides is 1. The predicted octanol–water partition coefficient (Wildman–Crippen LogP) is 2.56. The van der Waals surface area contributed by atoms with Gasteiger partial charge >= 0.3 is 0 Å². The van der Waals surface area contributed by atoms with E-state index in [2.05, 4.69) is 9.97 Å². The molecular formula is C22H20N4O2. The molecule has 3 aromatic heterocycles. The van der Waals surface area contributed by atoms with E-state index in [0.717, 1.165) is 17.7 Å². The highest BCUT2D eigenvalue weighted by atomic mass is 16.2. The zero-order valence-corrected chi connectivity index (χ0v) is 15.4. The SMILES string of the molecule is O=C(c1ccncc1)N1C[C@@H]2C[C@H](C1)c1ccc(-c3cccnc3)c(=O)n1C2. The van der Waals surface area contributed by atoms with Crippen LogP contribution in [0.1, 0.15) is 28.4 Å². The quantitative estimate of drug-likeness (QED) is 0.693. The minimum atomic E-state index is 0.0362. The van der Waals surface area contributed by atoms with E-state index in [1.807, 2.05) is 33.7 Å². The smallest absolute Gasteiger partial charge is 0.258 e. The second-order valence-corrected chi connectivity index (χ2v) is 7.57. The van der Waals surface area contributed by atoms with Crippen molar-refractivity contribution in [2.75, 3.05) is 13.1 Å². The van der Waals surface area contributed by atoms with Gasteiger partial charge in [0.1, 0.15) is 0 Å². The molecule has 1 amide bonds. The average molecular weight is 372 g/mol. The molecule has 0 unspecified atom stereocenters. The van der Waals surface area contributed by atoms with Crippen molar-refractivity contribution < 1.29 is 4.79 Å². The van der Waals surface area contributed by atoms with Crippen molar-refractivity contribution >= 4 is 5.91 Å². The zero-order valence-electron chi connectivity index (χ0n) is 15.4. The molecule has 6 nitrogen and oxygen atoms in total. The van der Waals surface area contributed by atoms with Gasteiger partial charge in [-0.3, -0.25) is 19.6 Å². The first-order chi connectivity index (χ1) is 13.7. The van der Waals surface area contributed by atoms with Gasteiger partial charge in [0.25, 0.3) is 11.5 Å². The molecule has 0 saturated carbocycles. The van der Waals surface area contributed by atoms with Crippen molar-refractivity contribution in [3.05, 3.63) is 82.8 Å². The molecule has 0 aliphatic carbocycles. The van der Waals surface area contributed by atoms with E-state index in [0.29, 0.717) is 36.7 Å². The number of hydrogen-bond donors (Lipinski definition) is 0. The number of nitrogens with zero attached hydrogens (tertiary/aromatic N) is 4. The first kappa shape index (κ1) is 16.9. The molecule has 0 radical (unpaired) electrons. The van der Waals surface area contributed by atoms with E-state index >= 15 is 0 Å². The number of piperidine rings is 1. The first-order valence-corrected chi connectivity index (χ1v) is 9.54. The second-order valence-electron chi connectivity index (χ2n) is 7.57. The molecule has 0 spiro atoms. The van der Waals surface area contributed by atoms with Gasteiger partial charge in [-0.25, -0.2) is 0 Å². The number of fused-ring (bicyclic) bond motifs is 4. The predicted molar refractivity (Wildman–Crippen MR) is 105 cm³/mol. The Labute approximate surface area is 162 Å². The van der Waals surface area contributed by atoms with E-state index in [1.54, 1.807) is 36.9 Å². The number of hydrogen-bond acceptors (Lipinski definition) is 4. The summed E-state index contributed by atoms with van der Waals surface area (Å²) >= 11 is 0. The molecule has 2 aliphatic rings. The van der Waals surface area contributed by atoms with Crippen LogP contribution in [-0.2, 0) is 6.54 Å². The fraction of sp³-hybridized carbons (Fsp3) is 0.273. The van der Waals surface area contributed by atoms with Gasteiger partial charge in [0, 0.05) is 72.7 Å². The summed E-state index contributed by atoms with van der Waals surface area (Å²) in [5.41, 5.74) is 3.25. The Kier molecular flexibility index (Phi) is 4.04. The monoisotopic (exact) mass is 372 g/mol. The summed E-state index contributed by atoms with van der Waals surface area (Å²) in [6, 6.07) is 11.2. The Hall–Kier alpha value is -3.28. The maximum Gasteiger partial charge on any atom is 0.258 e. The highest BCUT2D eigenvalue weighted by Crippen LogP contribution is 2.36. The third-order valence-corrected chi connectivity index (χ3v) is 5.79. The topological polar surface area (TPSA) is 68.1 Å². The van der Waals surface area contributed by atoms with Crippen LogP contribution in [0.4, 0.5) is 0 Å². The van der Waals surface area contributed by atoms with Gasteiger partial charge in [-0.2, -0.15) is 0 Å². The summed E-state index contributed by atoms with van der Waals surface area (Å²) in [7, 11) is 0. The molecule has 2 bridgehead atoms. The Balaban J connectivity index is 1.47. The third-order valence-electron chi connectivity index (χ3n) is 5.79. The molecule has 28 heavy (non-hydrogen) atoms. The largest absolute Gasteiger partial charge is 0.338 e. The van der Waals surface area contributed by atoms with E-state index in [1.165, 1.54) is 0 Å². The van der Waals surface area contributed by atoms with Crippen molar-refractivity contribution in [2.24, 2.45) is 5.92 Å². The molecule has 2 aliphatic heterocycles. The van der Waals surface area contributed by atoms with Crippen LogP contribution in [0.2, 0.25) is 0 Å². The van der Waals surface area contributed by atoms with Crippen LogP contribution in [0.25, 0.3) is 11.1 Å². The summed E-state index contributed by atoms with van der Waals surface area (Å²) in [6.45, 7) is 1.98. The van der Waals surface area contributed by atoms with Crippen LogP contribution in [0.5, 0.6) is 0 Å². The Morgan fingerprint density at radius 1 is 0.964 bits per heavy atom. The lowest BCUT2D eigenvalue weighted by atomic mass is 9.82. The van der Waals surface area contributed by atoms with Crippen LogP contribution < -0.4 is 5.56 Å². The number of carbonyl (C=O) groups is 1. The lowest BCUT2D eigenvalue weighted by molar-refractivity contribution is 0.0594. The maximum atomic E-state index is 13.1. The molecule has 5 rings (SSSR count). The van der Waals surface area contributed by atoms with Gasteiger partial charge in [0.05, 0.1) is 0 Å². The Morgan fingerprint density at radius 3 is 2.61 bits per heavy atom. The Bertz CT molecular complexity index is 1080. The lowest BCUT2D eigenvalue weighted by Gasteiger charge is -2.43. The van der Waals surface area contributed by atoms with E-state index in [9.17, 15) is 9.59 Å². The number of pyridine rings is 3. The van der Waals surface area contributed by atoms with Gasteiger partial charge in [-0.05, 0) is 42.7 Å². The molecule has 1 fully saturated rings. The molecule has 140 valence electrons. The zero-order chi connectivity index (χ0) is 19.1. The summed E-state index contributed by atoms with van der Waals surface area (Å²) in [4.78, 5) is 36.1. The van der Waals surface area contributed by atoms with Gasteiger partial charge in [0.15, 0.2) is 0 Å². The Morgan fingerprint density at radius 2 is 1.82 bits per heavy atom. The van der Waals surface area contributed by atoms with Crippen LogP contribution in [0.15, 0.2) is 66.0 Å². The summed E-state index contributed by atoms with van der Waals surface area (Å²) in [5.74, 6) is 0.521. The lowest BCUT2D eigenvalue weighted by Crippen LogP contribution is -2.49. The standard InChI is InChI=1S/C22H20N4O2/c27-21(16-5-8-23-9-6-16)25-12-15-10-18(14-25)20-4-3-19(22(28)26(20)13-15)17-2-1-7-24-11-17/h1-9,11,15,18H,10,12-14H2/t15-,18+/m0/s1. The highest BCUT2D eigenvalue weighted by molar-refractivity contribution is 5.94. The van der Waals surface area contributed by atoms with Crippen molar-refractivity contribution in [1.82, 2.24) is 19.4 Å². The fourth-order valence-corrected chi connectivity index (χ4v) is 4.53. The third kappa shape index (κ3) is 2.81. The van der Waals surface area contributed by atoms with Gasteiger partial charge in [-0.15, -0.1) is 0 Å². The molecule has 0 aromatic carbocycles. The number of likely N-dealkylation sites (tertiary alicyclic amines) is 1. The normalized spacial score (nSPS) is 20.5. The van der Waals surface area contributed by atoms with E-state index in [4.69, 9.17) is 0 Å². The van der Waals surface area contributed by atoms with Crippen LogP contribution in [0.3, 0.4) is 0 Å². The average Bonchev–Trinajstić information content (AvgIpc) is 2.75. The highest BCUT2D eigenvalue weighted by Gasteiger charge is 2.36. The minimum absolute atomic E-state index is 0.0362. The van der Waals surface area contributed by atoms with Crippen molar-refractivity contribution in [2.45, 2.75) is 18.9 Å². The van der Waals surface area contributed by atoms with E-state index < -0.39 is 0 Å². The van der Waals surface area contributed by atoms with Crippen LogP contribution in [0, 0.1) is 5.92 Å². The minimum Gasteiger partial charge on any atom is -0.338 e. The molecule has 5 heterocycles. The molecule has 3 aromatic rings. The van der Waals surface area contributed by atoms with Gasteiger partial charge < -0.3 is 9.47 Å². The maximum absolute atomic E-state index is 13.1. The second kappa shape index (κ2) is 6.71. The van der Waals surface area contributed by atoms with E-state index in [-0.39, 0.29) is 17.4 Å². The van der Waals surface area contributed by atoms with Crippen LogP contribution in [-0.4, -0.2) is 38.4 Å².